The molecule has 2 aromatic heterocycles. The molecule has 0 aromatic carbocycles. The highest BCUT2D eigenvalue weighted by Crippen LogP contribution is 2.11. The van der Waals surface area contributed by atoms with Crippen molar-refractivity contribution in [2.45, 2.75) is 18.4 Å². The second-order valence-corrected chi connectivity index (χ2v) is 5.58. The van der Waals surface area contributed by atoms with Crippen LogP contribution in [0.1, 0.15) is 12.7 Å². The minimum atomic E-state index is -3.57. The highest BCUT2D eigenvalue weighted by molar-refractivity contribution is 7.89. The van der Waals surface area contributed by atoms with Crippen molar-refractivity contribution in [3.8, 4) is 0 Å². The van der Waals surface area contributed by atoms with Gasteiger partial charge in [0.2, 0.25) is 10.0 Å². The Morgan fingerprint density at radius 3 is 2.74 bits per heavy atom. The Kier molecular flexibility index (Phi) is 4.18. The van der Waals surface area contributed by atoms with Crippen LogP contribution < -0.4 is 10.0 Å². The van der Waals surface area contributed by atoms with Crippen LogP contribution in [0.3, 0.4) is 0 Å². The maximum Gasteiger partial charge on any atom is 0.242 e. The molecule has 0 saturated heterocycles. The first-order chi connectivity index (χ1) is 9.12. The fraction of sp³-hybridized carbons (Fsp3) is 0.250. The van der Waals surface area contributed by atoms with E-state index in [1.165, 1.54) is 18.5 Å². The Balaban J connectivity index is 2.06. The molecule has 0 bridgehead atoms. The van der Waals surface area contributed by atoms with Crippen LogP contribution in [-0.4, -0.2) is 19.9 Å². The summed E-state index contributed by atoms with van der Waals surface area (Å²) >= 11 is 0. The first-order valence-corrected chi connectivity index (χ1v) is 7.32. The van der Waals surface area contributed by atoms with E-state index in [0.29, 0.717) is 11.6 Å². The zero-order valence-electron chi connectivity index (χ0n) is 10.5. The number of furan rings is 1. The molecule has 0 aliphatic rings. The van der Waals surface area contributed by atoms with Gasteiger partial charge in [0.25, 0.3) is 0 Å². The second-order valence-electron chi connectivity index (χ2n) is 3.81. The topological polar surface area (TPSA) is 84.2 Å². The van der Waals surface area contributed by atoms with Crippen LogP contribution in [0.15, 0.2) is 46.0 Å². The zero-order chi connectivity index (χ0) is 13.7. The summed E-state index contributed by atoms with van der Waals surface area (Å²) in [6.45, 7) is 2.79. The average Bonchev–Trinajstić information content (AvgIpc) is 2.91. The van der Waals surface area contributed by atoms with Crippen molar-refractivity contribution in [1.29, 1.82) is 0 Å². The van der Waals surface area contributed by atoms with E-state index < -0.39 is 10.0 Å². The fourth-order valence-electron chi connectivity index (χ4n) is 1.49. The van der Waals surface area contributed by atoms with Crippen LogP contribution in [0.2, 0.25) is 0 Å². The lowest BCUT2D eigenvalue weighted by molar-refractivity contribution is 0.498. The predicted molar refractivity (Wildman–Crippen MR) is 71.1 cm³/mol. The molecule has 0 spiro atoms. The highest BCUT2D eigenvalue weighted by atomic mass is 32.2. The summed E-state index contributed by atoms with van der Waals surface area (Å²) in [7, 11) is -3.57. The summed E-state index contributed by atoms with van der Waals surface area (Å²) in [6, 6.07) is 6.55. The lowest BCUT2D eigenvalue weighted by atomic mass is 10.4. The Hall–Kier alpha value is -1.86. The lowest BCUT2D eigenvalue weighted by Crippen LogP contribution is -2.23. The van der Waals surface area contributed by atoms with Gasteiger partial charge in [-0.25, -0.2) is 18.1 Å². The summed E-state index contributed by atoms with van der Waals surface area (Å²) in [6.07, 6.45) is 2.82. The molecule has 0 atom stereocenters. The molecule has 2 aromatic rings. The SMILES string of the molecule is CCNc1ccc(S(=O)(=O)NCc2ccco2)cn1. The molecular weight excluding hydrogens is 266 g/mol. The standard InChI is InChI=1S/C12H15N3O3S/c1-2-13-12-6-5-11(9-14-12)19(16,17)15-8-10-4-3-7-18-10/h3-7,9,15H,2,8H2,1H3,(H,13,14). The van der Waals surface area contributed by atoms with Crippen molar-refractivity contribution in [2.24, 2.45) is 0 Å². The molecule has 2 N–H and O–H groups in total. The molecule has 7 heteroatoms. The first-order valence-electron chi connectivity index (χ1n) is 5.84. The molecule has 102 valence electrons. The van der Waals surface area contributed by atoms with E-state index in [2.05, 4.69) is 15.0 Å². The lowest BCUT2D eigenvalue weighted by Gasteiger charge is -2.06. The van der Waals surface area contributed by atoms with Crippen molar-refractivity contribution in [1.82, 2.24) is 9.71 Å². The smallest absolute Gasteiger partial charge is 0.242 e. The third-order valence-corrected chi connectivity index (χ3v) is 3.81. The van der Waals surface area contributed by atoms with Crippen molar-refractivity contribution < 1.29 is 12.8 Å². The normalized spacial score (nSPS) is 11.4. The van der Waals surface area contributed by atoms with Gasteiger partial charge in [0.05, 0.1) is 12.8 Å². The summed E-state index contributed by atoms with van der Waals surface area (Å²) in [5.74, 6) is 1.20. The van der Waals surface area contributed by atoms with E-state index in [1.807, 2.05) is 6.92 Å². The Bertz CT molecular complexity index is 606. The molecule has 0 amide bonds. The number of aromatic nitrogens is 1. The van der Waals surface area contributed by atoms with Crippen molar-refractivity contribution in [2.75, 3.05) is 11.9 Å². The van der Waals surface area contributed by atoms with Crippen molar-refractivity contribution >= 4 is 15.8 Å². The third-order valence-electron chi connectivity index (χ3n) is 2.42. The van der Waals surface area contributed by atoms with Gasteiger partial charge in [0.1, 0.15) is 16.5 Å². The number of nitrogens with one attached hydrogen (secondary N) is 2. The van der Waals surface area contributed by atoms with E-state index in [0.717, 1.165) is 6.54 Å². The van der Waals surface area contributed by atoms with Gasteiger partial charge in [-0.05, 0) is 31.2 Å². The molecule has 0 aliphatic heterocycles. The van der Waals surface area contributed by atoms with E-state index >= 15 is 0 Å². The van der Waals surface area contributed by atoms with Crippen LogP contribution in [-0.2, 0) is 16.6 Å². The molecule has 2 heterocycles. The number of sulfonamides is 1. The minimum absolute atomic E-state index is 0.115. The molecule has 0 fully saturated rings. The number of hydrogen-bond donors (Lipinski definition) is 2. The summed E-state index contributed by atoms with van der Waals surface area (Å²) in [4.78, 5) is 4.15. The van der Waals surface area contributed by atoms with Gasteiger partial charge in [-0.1, -0.05) is 0 Å². The molecular formula is C12H15N3O3S. The Morgan fingerprint density at radius 2 is 2.16 bits per heavy atom. The fourth-order valence-corrected chi connectivity index (χ4v) is 2.43. The van der Waals surface area contributed by atoms with Gasteiger partial charge < -0.3 is 9.73 Å². The van der Waals surface area contributed by atoms with Crippen molar-refractivity contribution in [3.63, 3.8) is 0 Å². The predicted octanol–water partition coefficient (Wildman–Crippen LogP) is 1.58. The van der Waals surface area contributed by atoms with Gasteiger partial charge >= 0.3 is 0 Å². The summed E-state index contributed by atoms with van der Waals surface area (Å²) in [5.41, 5.74) is 0. The number of hydrogen-bond acceptors (Lipinski definition) is 5. The molecule has 0 aliphatic carbocycles. The molecule has 0 saturated carbocycles. The third kappa shape index (κ3) is 3.55. The molecule has 0 unspecified atom stereocenters. The van der Waals surface area contributed by atoms with Crippen LogP contribution >= 0.6 is 0 Å². The van der Waals surface area contributed by atoms with Crippen LogP contribution in [0.25, 0.3) is 0 Å². The van der Waals surface area contributed by atoms with E-state index in [9.17, 15) is 8.42 Å². The Labute approximate surface area is 111 Å². The van der Waals surface area contributed by atoms with Crippen LogP contribution in [0.5, 0.6) is 0 Å². The summed E-state index contributed by atoms with van der Waals surface area (Å²) in [5, 5.41) is 3.00. The number of pyridine rings is 1. The van der Waals surface area contributed by atoms with Gasteiger partial charge in [-0.3, -0.25) is 0 Å². The minimum Gasteiger partial charge on any atom is -0.468 e. The molecule has 0 radical (unpaired) electrons. The van der Waals surface area contributed by atoms with Crippen LogP contribution in [0, 0.1) is 0 Å². The zero-order valence-corrected chi connectivity index (χ0v) is 11.3. The summed E-state index contributed by atoms with van der Waals surface area (Å²) < 4.78 is 31.5. The molecule has 6 nitrogen and oxygen atoms in total. The first kappa shape index (κ1) is 13.6. The number of rotatable bonds is 6. The molecule has 19 heavy (non-hydrogen) atoms. The number of nitrogens with zero attached hydrogens (tertiary/aromatic N) is 1. The van der Waals surface area contributed by atoms with Crippen LogP contribution in [0.4, 0.5) is 5.82 Å². The second kappa shape index (κ2) is 5.85. The van der Waals surface area contributed by atoms with Crippen molar-refractivity contribution in [3.05, 3.63) is 42.5 Å². The van der Waals surface area contributed by atoms with E-state index in [-0.39, 0.29) is 11.4 Å². The Morgan fingerprint density at radius 1 is 1.32 bits per heavy atom. The van der Waals surface area contributed by atoms with Gasteiger partial charge in [-0.2, -0.15) is 0 Å². The van der Waals surface area contributed by atoms with Gasteiger partial charge in [-0.15, -0.1) is 0 Å². The largest absolute Gasteiger partial charge is 0.468 e. The van der Waals surface area contributed by atoms with Gasteiger partial charge in [0, 0.05) is 12.7 Å². The average molecular weight is 281 g/mol. The quantitative estimate of drug-likeness (QED) is 0.840. The monoisotopic (exact) mass is 281 g/mol. The van der Waals surface area contributed by atoms with E-state index in [1.54, 1.807) is 18.2 Å². The number of anilines is 1. The highest BCUT2D eigenvalue weighted by Gasteiger charge is 2.14. The van der Waals surface area contributed by atoms with E-state index in [4.69, 9.17) is 4.42 Å². The van der Waals surface area contributed by atoms with Gasteiger partial charge in [0.15, 0.2) is 0 Å². The molecule has 2 rings (SSSR count). The maximum absolute atomic E-state index is 12.0. The maximum atomic E-state index is 12.0.